The smallest absolute Gasteiger partial charge is 0.344 e. The molecule has 5 aliphatic rings. The molecule has 51 heavy (non-hydrogen) atoms. The van der Waals surface area contributed by atoms with E-state index in [2.05, 4.69) is 59.1 Å². The number of fused-ring (bicyclic) bond motifs is 5. The van der Waals surface area contributed by atoms with Gasteiger partial charge in [0.2, 0.25) is 0 Å². The van der Waals surface area contributed by atoms with Crippen LogP contribution >= 0.6 is 0 Å². The molecule has 0 aromatic rings. The molecule has 3 saturated heterocycles. The maximum Gasteiger partial charge on any atom is 0.344 e. The van der Waals surface area contributed by atoms with Crippen molar-refractivity contribution in [2.24, 2.45) is 40.4 Å². The highest BCUT2D eigenvalue weighted by atomic mass is 16.6. The number of methoxy groups -OCH3 is 1. The van der Waals surface area contributed by atoms with Gasteiger partial charge in [-0.1, -0.05) is 55.4 Å². The van der Waals surface area contributed by atoms with Crippen LogP contribution in [0.5, 0.6) is 0 Å². The minimum Gasteiger partial charge on any atom is -0.465 e. The lowest BCUT2D eigenvalue weighted by Gasteiger charge is -2.34. The average Bonchev–Trinajstić information content (AvgIpc) is 3.49. The molecular formula is C39H66N2O10. The van der Waals surface area contributed by atoms with E-state index in [0.717, 1.165) is 19.3 Å². The van der Waals surface area contributed by atoms with Crippen molar-refractivity contribution in [2.75, 3.05) is 20.3 Å². The third-order valence-corrected chi connectivity index (χ3v) is 10.7. The van der Waals surface area contributed by atoms with Gasteiger partial charge >= 0.3 is 17.9 Å². The molecule has 2 saturated carbocycles. The van der Waals surface area contributed by atoms with Crippen molar-refractivity contribution in [2.45, 2.75) is 151 Å². The fourth-order valence-corrected chi connectivity index (χ4v) is 8.60. The first-order chi connectivity index (χ1) is 23.3. The van der Waals surface area contributed by atoms with Crippen LogP contribution in [0.1, 0.15) is 116 Å². The molecule has 0 radical (unpaired) electrons. The second-order valence-electron chi connectivity index (χ2n) is 18.4. The molecule has 5 rings (SSSR count). The Labute approximate surface area is 305 Å². The van der Waals surface area contributed by atoms with Crippen molar-refractivity contribution >= 4 is 36.3 Å². The van der Waals surface area contributed by atoms with E-state index in [9.17, 15) is 24.0 Å². The highest BCUT2D eigenvalue weighted by molar-refractivity contribution is 5.90. The minimum absolute atomic E-state index is 0.00636. The summed E-state index contributed by atoms with van der Waals surface area (Å²) in [6.07, 6.45) is 2.28. The first kappa shape index (κ1) is 44.5. The van der Waals surface area contributed by atoms with Crippen molar-refractivity contribution in [3.05, 3.63) is 0 Å². The zero-order chi connectivity index (χ0) is 39.5. The Morgan fingerprint density at radius 1 is 0.941 bits per heavy atom. The molecule has 9 atom stereocenters. The Balaban J connectivity index is 0.000000353. The summed E-state index contributed by atoms with van der Waals surface area (Å²) < 4.78 is 21.9. The third-order valence-electron chi connectivity index (χ3n) is 10.7. The molecule has 2 bridgehead atoms. The maximum atomic E-state index is 12.8. The van der Waals surface area contributed by atoms with Crippen LogP contribution in [0.25, 0.3) is 0 Å². The summed E-state index contributed by atoms with van der Waals surface area (Å²) in [4.78, 5) is 67.0. The predicted molar refractivity (Wildman–Crippen MR) is 193 cm³/mol. The Kier molecular flexibility index (Phi) is 14.4. The summed E-state index contributed by atoms with van der Waals surface area (Å²) >= 11 is 0. The zero-order valence-electron chi connectivity index (χ0n) is 33.7. The Bertz CT molecular complexity index is 1280. The molecule has 0 amide bonds. The van der Waals surface area contributed by atoms with E-state index in [0.29, 0.717) is 25.0 Å². The first-order valence-electron chi connectivity index (χ1n) is 18.2. The second-order valence-corrected chi connectivity index (χ2v) is 18.4. The number of carbonyl (C=O) groups is 6. The van der Waals surface area contributed by atoms with Gasteiger partial charge < -0.3 is 28.5 Å². The number of ether oxygens (including phenoxy) is 4. The lowest BCUT2D eigenvalue weighted by molar-refractivity contribution is -0.174. The van der Waals surface area contributed by atoms with E-state index < -0.39 is 30.2 Å². The second kappa shape index (κ2) is 16.5. The quantitative estimate of drug-likeness (QED) is 0.181. The maximum absolute atomic E-state index is 12.8. The van der Waals surface area contributed by atoms with Crippen molar-refractivity contribution in [1.82, 2.24) is 10.6 Å². The summed E-state index contributed by atoms with van der Waals surface area (Å²) in [7, 11) is 1.57. The monoisotopic (exact) mass is 722 g/mol. The van der Waals surface area contributed by atoms with Crippen LogP contribution in [-0.4, -0.2) is 91.5 Å². The van der Waals surface area contributed by atoms with Crippen LogP contribution in [0, 0.1) is 40.4 Å². The van der Waals surface area contributed by atoms with Crippen molar-refractivity contribution < 1.29 is 47.7 Å². The zero-order valence-corrected chi connectivity index (χ0v) is 33.7. The van der Waals surface area contributed by atoms with E-state index in [4.69, 9.17) is 23.7 Å². The highest BCUT2D eigenvalue weighted by Crippen LogP contribution is 2.57. The Morgan fingerprint density at radius 2 is 1.47 bits per heavy atom. The molecule has 0 aromatic heterocycles. The van der Waals surface area contributed by atoms with Gasteiger partial charge in [-0.05, 0) is 70.6 Å². The van der Waals surface area contributed by atoms with Crippen LogP contribution < -0.4 is 10.6 Å². The van der Waals surface area contributed by atoms with E-state index in [1.165, 1.54) is 0 Å². The van der Waals surface area contributed by atoms with E-state index in [1.807, 2.05) is 34.5 Å². The van der Waals surface area contributed by atoms with Gasteiger partial charge in [-0.25, -0.2) is 9.59 Å². The molecule has 2 N–H and O–H groups in total. The van der Waals surface area contributed by atoms with Gasteiger partial charge in [0.25, 0.3) is 0 Å². The molecule has 0 spiro atoms. The first-order valence-corrected chi connectivity index (χ1v) is 18.2. The predicted octanol–water partition coefficient (Wildman–Crippen LogP) is 4.63. The standard InChI is InChI=1S/C22H33NO7.C10H19NO.C6H12O.CH2O/c1-20(2,3)10-22(21(4,5)23-22)19(26)29-9-14(24)30-17-11-7-12(16(17)27-6)15-13(11)8-28-18(15)25;1-7-10(11-7,8(2)12)6-9(3,4)5;1-5(2)4-6(3)7;1-2/h11-13,15-17,23H,7-10H2,1-6H3;7,11H,6H2,1-5H3;5H,4H2,1-3H3;1H2. The SMILES string of the molecule is C=O.CC(=O)C1(CC(C)(C)C)NC1C.CC(=O)CC(C)C.COC1C2CC(C3COC(=O)C32)C1OC(=O)COC(=O)C1(CC(C)(C)C)NC1(C)C. The third kappa shape index (κ3) is 10.7. The number of hydrogen-bond donors (Lipinski definition) is 2. The molecule has 12 heteroatoms. The lowest BCUT2D eigenvalue weighted by atomic mass is 9.78. The van der Waals surface area contributed by atoms with Crippen LogP contribution in [0.15, 0.2) is 0 Å². The summed E-state index contributed by atoms with van der Waals surface area (Å²) in [5.41, 5.74) is -1.22. The van der Waals surface area contributed by atoms with Crippen molar-refractivity contribution in [3.63, 3.8) is 0 Å². The summed E-state index contributed by atoms with van der Waals surface area (Å²) in [5, 5.41) is 6.50. The molecule has 292 valence electrons. The molecule has 3 heterocycles. The summed E-state index contributed by atoms with van der Waals surface area (Å²) in [5.74, 6) is -0.137. The lowest BCUT2D eigenvalue weighted by Crippen LogP contribution is -2.46. The van der Waals surface area contributed by atoms with Crippen LogP contribution in [-0.2, 0) is 47.7 Å². The van der Waals surface area contributed by atoms with E-state index >= 15 is 0 Å². The molecule has 9 unspecified atom stereocenters. The van der Waals surface area contributed by atoms with Gasteiger partial charge in [0, 0.05) is 42.9 Å². The Morgan fingerprint density at radius 3 is 1.82 bits per heavy atom. The summed E-state index contributed by atoms with van der Waals surface area (Å²) in [6.45, 7) is 28.0. The van der Waals surface area contributed by atoms with E-state index in [-0.39, 0.29) is 69.2 Å². The topological polar surface area (TPSA) is 183 Å². The Hall–Kier alpha value is -2.70. The number of ketones is 2. The van der Waals surface area contributed by atoms with Gasteiger partial charge in [-0.15, -0.1) is 0 Å². The number of hydrogen-bond acceptors (Lipinski definition) is 12. The number of nitrogens with one attached hydrogen (secondary N) is 2. The van der Waals surface area contributed by atoms with Crippen molar-refractivity contribution in [3.8, 4) is 0 Å². The highest BCUT2D eigenvalue weighted by Gasteiger charge is 2.68. The molecule has 2 aliphatic carbocycles. The minimum atomic E-state index is -0.790. The number of carbonyl (C=O) groups excluding carboxylic acids is 6. The molecule has 3 aliphatic heterocycles. The largest absolute Gasteiger partial charge is 0.465 e. The number of Topliss-reactive ketones (excluding diaryl/α,β-unsaturated/α-hetero) is 2. The van der Waals surface area contributed by atoms with Gasteiger partial charge in [-0.3, -0.25) is 20.2 Å². The fraction of sp³-hybridized carbons (Fsp3) is 0.846. The van der Waals surface area contributed by atoms with Crippen LogP contribution in [0.4, 0.5) is 0 Å². The number of rotatable bonds is 10. The summed E-state index contributed by atoms with van der Waals surface area (Å²) in [6, 6.07) is 0.370. The van der Waals surface area contributed by atoms with Gasteiger partial charge in [-0.2, -0.15) is 0 Å². The number of esters is 3. The normalized spacial score (nSPS) is 33.5. The molecule has 0 aromatic carbocycles. The molecular weight excluding hydrogens is 656 g/mol. The number of cyclic esters (lactones) is 1. The van der Waals surface area contributed by atoms with Gasteiger partial charge in [0.05, 0.1) is 24.2 Å². The van der Waals surface area contributed by atoms with E-state index in [1.54, 1.807) is 21.0 Å². The molecule has 5 fully saturated rings. The fourth-order valence-electron chi connectivity index (χ4n) is 8.60. The van der Waals surface area contributed by atoms with Crippen LogP contribution in [0.3, 0.4) is 0 Å². The molecule has 12 nitrogen and oxygen atoms in total. The van der Waals surface area contributed by atoms with Gasteiger partial charge in [0.1, 0.15) is 24.2 Å². The average molecular weight is 723 g/mol. The van der Waals surface area contributed by atoms with Crippen molar-refractivity contribution in [1.29, 1.82) is 0 Å². The van der Waals surface area contributed by atoms with Gasteiger partial charge in [0.15, 0.2) is 12.4 Å². The van der Waals surface area contributed by atoms with Crippen LogP contribution in [0.2, 0.25) is 0 Å².